The molecule has 25 heavy (non-hydrogen) atoms. The molecule has 0 aromatic heterocycles. The lowest BCUT2D eigenvalue weighted by molar-refractivity contribution is -0.150. The van der Waals surface area contributed by atoms with Gasteiger partial charge < -0.3 is 9.64 Å². The third-order valence-corrected chi connectivity index (χ3v) is 4.45. The molecule has 0 atom stereocenters. The zero-order valence-corrected chi connectivity index (χ0v) is 14.8. The van der Waals surface area contributed by atoms with Gasteiger partial charge in [-0.05, 0) is 43.7 Å². The molecule has 1 saturated heterocycles. The van der Waals surface area contributed by atoms with E-state index in [2.05, 4.69) is 13.8 Å². The normalized spacial score (nSPS) is 15.5. The van der Waals surface area contributed by atoms with Gasteiger partial charge in [-0.15, -0.1) is 0 Å². The van der Waals surface area contributed by atoms with Crippen molar-refractivity contribution >= 4 is 11.9 Å². The molecule has 0 N–H and O–H groups in total. The van der Waals surface area contributed by atoms with E-state index in [0.29, 0.717) is 44.5 Å². The average molecular weight is 353 g/mol. The van der Waals surface area contributed by atoms with E-state index in [1.54, 1.807) is 0 Å². The van der Waals surface area contributed by atoms with E-state index in [4.69, 9.17) is 4.74 Å². The highest BCUT2D eigenvalue weighted by Crippen LogP contribution is 2.21. The molecule has 1 aromatic carbocycles. The van der Waals surface area contributed by atoms with Crippen LogP contribution >= 0.6 is 0 Å². The molecule has 0 unspecified atom stereocenters. The number of carbonyl (C=O) groups is 2. The van der Waals surface area contributed by atoms with Gasteiger partial charge in [-0.1, -0.05) is 13.8 Å². The molecule has 1 amide bonds. The number of halogens is 2. The molecule has 1 aliphatic rings. The number of carbonyl (C=O) groups excluding carboxylic acids is 2. The zero-order chi connectivity index (χ0) is 18.4. The first-order valence-corrected chi connectivity index (χ1v) is 8.79. The number of hydrogen-bond acceptors (Lipinski definition) is 3. The maximum absolute atomic E-state index is 13.7. The molecule has 2 rings (SSSR count). The Morgan fingerprint density at radius 2 is 1.92 bits per heavy atom. The number of nitrogens with zero attached hydrogens (tertiary/aromatic N) is 1. The van der Waals surface area contributed by atoms with Gasteiger partial charge in [0.2, 0.25) is 0 Å². The van der Waals surface area contributed by atoms with Crippen LogP contribution in [0.15, 0.2) is 18.2 Å². The molecule has 138 valence electrons. The summed E-state index contributed by atoms with van der Waals surface area (Å²) in [7, 11) is 0. The Labute approximate surface area is 147 Å². The monoisotopic (exact) mass is 353 g/mol. The van der Waals surface area contributed by atoms with E-state index >= 15 is 0 Å². The summed E-state index contributed by atoms with van der Waals surface area (Å²) in [6, 6.07) is 2.92. The number of esters is 1. The summed E-state index contributed by atoms with van der Waals surface area (Å²) in [5, 5.41) is 0. The van der Waals surface area contributed by atoms with Gasteiger partial charge in [-0.2, -0.15) is 0 Å². The summed E-state index contributed by atoms with van der Waals surface area (Å²) in [6.45, 7) is 5.40. The van der Waals surface area contributed by atoms with Gasteiger partial charge in [0.25, 0.3) is 5.91 Å². The van der Waals surface area contributed by atoms with Crippen LogP contribution in [0.1, 0.15) is 49.9 Å². The summed E-state index contributed by atoms with van der Waals surface area (Å²) >= 11 is 0. The molecule has 0 radical (unpaired) electrons. The fraction of sp³-hybridized carbons (Fsp3) is 0.579. The predicted octanol–water partition coefficient (Wildman–Crippen LogP) is 3.80. The second kappa shape index (κ2) is 8.92. The summed E-state index contributed by atoms with van der Waals surface area (Å²) in [5.41, 5.74) is -0.142. The van der Waals surface area contributed by atoms with Gasteiger partial charge in [0.1, 0.15) is 11.6 Å². The Morgan fingerprint density at radius 1 is 1.24 bits per heavy atom. The van der Waals surface area contributed by atoms with E-state index in [9.17, 15) is 18.4 Å². The molecule has 4 nitrogen and oxygen atoms in total. The minimum absolute atomic E-state index is 0.142. The van der Waals surface area contributed by atoms with Crippen LogP contribution in [-0.4, -0.2) is 36.5 Å². The minimum atomic E-state index is -0.864. The molecule has 0 aliphatic carbocycles. The second-order valence-corrected chi connectivity index (χ2v) is 6.89. The average Bonchev–Trinajstić information content (AvgIpc) is 2.58. The Bertz CT molecular complexity index is 611. The molecular weight excluding hydrogens is 328 g/mol. The van der Waals surface area contributed by atoms with Crippen molar-refractivity contribution in [2.45, 2.75) is 39.5 Å². The van der Waals surface area contributed by atoms with Crippen molar-refractivity contribution in [2.24, 2.45) is 11.8 Å². The number of ether oxygens (including phenoxy) is 1. The van der Waals surface area contributed by atoms with Gasteiger partial charge >= 0.3 is 5.97 Å². The molecule has 0 bridgehead atoms. The van der Waals surface area contributed by atoms with Crippen molar-refractivity contribution in [1.82, 2.24) is 4.90 Å². The molecule has 1 aliphatic heterocycles. The molecule has 6 heteroatoms. The number of hydrogen-bond donors (Lipinski definition) is 0. The summed E-state index contributed by atoms with van der Waals surface area (Å²) in [5.74, 6) is -1.91. The first-order valence-electron chi connectivity index (χ1n) is 8.79. The van der Waals surface area contributed by atoms with Crippen molar-refractivity contribution in [3.8, 4) is 0 Å². The van der Waals surface area contributed by atoms with Crippen LogP contribution in [0.4, 0.5) is 8.78 Å². The SMILES string of the molecule is CC(C)CCCOC(=O)C1CCN(C(=O)c2ccc(F)cc2F)CC1. The smallest absolute Gasteiger partial charge is 0.309 e. The highest BCUT2D eigenvalue weighted by atomic mass is 19.1. The van der Waals surface area contributed by atoms with Crippen LogP contribution in [0.3, 0.4) is 0 Å². The lowest BCUT2D eigenvalue weighted by atomic mass is 9.96. The summed E-state index contributed by atoms with van der Waals surface area (Å²) < 4.78 is 32.0. The van der Waals surface area contributed by atoms with Crippen molar-refractivity contribution in [2.75, 3.05) is 19.7 Å². The largest absolute Gasteiger partial charge is 0.465 e. The van der Waals surface area contributed by atoms with Crippen LogP contribution in [0.5, 0.6) is 0 Å². The molecule has 0 saturated carbocycles. The van der Waals surface area contributed by atoms with Crippen molar-refractivity contribution < 1.29 is 23.1 Å². The minimum Gasteiger partial charge on any atom is -0.465 e. The number of piperidine rings is 1. The van der Waals surface area contributed by atoms with Crippen LogP contribution < -0.4 is 0 Å². The first-order chi connectivity index (χ1) is 11.9. The summed E-state index contributed by atoms with van der Waals surface area (Å²) in [4.78, 5) is 25.9. The highest BCUT2D eigenvalue weighted by Gasteiger charge is 2.29. The van der Waals surface area contributed by atoms with Gasteiger partial charge in [-0.25, -0.2) is 8.78 Å². The molecule has 1 fully saturated rings. The topological polar surface area (TPSA) is 46.6 Å². The lowest BCUT2D eigenvalue weighted by Crippen LogP contribution is -2.41. The van der Waals surface area contributed by atoms with Crippen molar-refractivity contribution in [3.63, 3.8) is 0 Å². The third-order valence-electron chi connectivity index (χ3n) is 4.45. The Balaban J connectivity index is 1.80. The quantitative estimate of drug-likeness (QED) is 0.577. The number of likely N-dealkylation sites (tertiary alicyclic amines) is 1. The van der Waals surface area contributed by atoms with Gasteiger partial charge in [0, 0.05) is 19.2 Å². The standard InChI is InChI=1S/C19H25F2NO3/c1-13(2)4-3-11-25-19(24)14-7-9-22(10-8-14)18(23)16-6-5-15(20)12-17(16)21/h5-6,12-14H,3-4,7-11H2,1-2H3. The van der Waals surface area contributed by atoms with E-state index < -0.39 is 17.5 Å². The highest BCUT2D eigenvalue weighted by molar-refractivity contribution is 5.94. The van der Waals surface area contributed by atoms with E-state index in [1.807, 2.05) is 0 Å². The molecular formula is C19H25F2NO3. The first kappa shape index (κ1) is 19.3. The molecule has 1 heterocycles. The summed E-state index contributed by atoms with van der Waals surface area (Å²) in [6.07, 6.45) is 2.86. The maximum atomic E-state index is 13.7. The van der Waals surface area contributed by atoms with E-state index in [-0.39, 0.29) is 17.5 Å². The van der Waals surface area contributed by atoms with Crippen LogP contribution in [0.2, 0.25) is 0 Å². The van der Waals surface area contributed by atoms with Gasteiger partial charge in [0.05, 0.1) is 18.1 Å². The van der Waals surface area contributed by atoms with Gasteiger partial charge in [-0.3, -0.25) is 9.59 Å². The Morgan fingerprint density at radius 3 is 2.52 bits per heavy atom. The number of rotatable bonds is 6. The molecule has 1 aromatic rings. The number of benzene rings is 1. The third kappa shape index (κ3) is 5.51. The lowest BCUT2D eigenvalue weighted by Gasteiger charge is -2.31. The fourth-order valence-electron chi connectivity index (χ4n) is 2.93. The second-order valence-electron chi connectivity index (χ2n) is 6.89. The maximum Gasteiger partial charge on any atom is 0.309 e. The van der Waals surface area contributed by atoms with Crippen LogP contribution in [-0.2, 0) is 9.53 Å². The Hall–Kier alpha value is -1.98. The van der Waals surface area contributed by atoms with Crippen molar-refractivity contribution in [1.29, 1.82) is 0 Å². The van der Waals surface area contributed by atoms with E-state index in [1.165, 1.54) is 4.90 Å². The van der Waals surface area contributed by atoms with Crippen molar-refractivity contribution in [3.05, 3.63) is 35.4 Å². The fourth-order valence-corrected chi connectivity index (χ4v) is 2.93. The van der Waals surface area contributed by atoms with Crippen LogP contribution in [0, 0.1) is 23.5 Å². The van der Waals surface area contributed by atoms with Gasteiger partial charge in [0.15, 0.2) is 0 Å². The van der Waals surface area contributed by atoms with Crippen LogP contribution in [0.25, 0.3) is 0 Å². The Kier molecular flexibility index (Phi) is 6.91. The van der Waals surface area contributed by atoms with E-state index in [0.717, 1.165) is 25.0 Å². The predicted molar refractivity (Wildman–Crippen MR) is 90.0 cm³/mol. The zero-order valence-electron chi connectivity index (χ0n) is 14.8. The molecule has 0 spiro atoms. The number of amides is 1.